The lowest BCUT2D eigenvalue weighted by atomic mass is 10.1. The molecule has 0 aliphatic rings. The second-order valence-corrected chi connectivity index (χ2v) is 4.85. The molecule has 0 aliphatic heterocycles. The minimum Gasteiger partial charge on any atom is -0.496 e. The first-order chi connectivity index (χ1) is 8.60. The molecule has 2 rings (SSSR count). The second-order valence-electron chi connectivity index (χ2n) is 3.79. The van der Waals surface area contributed by atoms with Gasteiger partial charge in [-0.25, -0.2) is 4.79 Å². The summed E-state index contributed by atoms with van der Waals surface area (Å²) >= 11 is 1.10. The van der Waals surface area contributed by atoms with E-state index in [1.807, 2.05) is 25.1 Å². The Bertz CT molecular complexity index is 580. The van der Waals surface area contributed by atoms with Crippen LogP contribution in [0.25, 0.3) is 0 Å². The number of hydrogen-bond acceptors (Lipinski definition) is 5. The van der Waals surface area contributed by atoms with E-state index < -0.39 is 5.97 Å². The number of ether oxygens (including phenoxy) is 1. The van der Waals surface area contributed by atoms with Gasteiger partial charge in [-0.2, -0.15) is 0 Å². The first-order valence-electron chi connectivity index (χ1n) is 5.29. The number of aromatic nitrogens is 2. The fraction of sp³-hybridized carbons (Fsp3) is 0.250. The number of aryl methyl sites for hydroxylation is 1. The van der Waals surface area contributed by atoms with Crippen molar-refractivity contribution in [3.63, 3.8) is 0 Å². The van der Waals surface area contributed by atoms with Gasteiger partial charge in [0, 0.05) is 6.42 Å². The number of carboxylic acids is 1. The van der Waals surface area contributed by atoms with Gasteiger partial charge in [0.2, 0.25) is 5.01 Å². The lowest BCUT2D eigenvalue weighted by Gasteiger charge is -2.05. The van der Waals surface area contributed by atoms with Crippen molar-refractivity contribution in [1.82, 2.24) is 10.2 Å². The Kier molecular flexibility index (Phi) is 3.57. The van der Waals surface area contributed by atoms with E-state index in [4.69, 9.17) is 9.84 Å². The zero-order chi connectivity index (χ0) is 13.1. The quantitative estimate of drug-likeness (QED) is 0.916. The molecule has 0 saturated heterocycles. The van der Waals surface area contributed by atoms with Crippen LogP contribution in [0.1, 0.15) is 25.9 Å². The summed E-state index contributed by atoms with van der Waals surface area (Å²) in [7, 11) is 1.63. The van der Waals surface area contributed by atoms with Crippen LogP contribution in [0.2, 0.25) is 0 Å². The SMILES string of the molecule is COc1ccc(Cc2nnc(C(=O)O)s2)cc1C. The third kappa shape index (κ3) is 2.65. The zero-order valence-corrected chi connectivity index (χ0v) is 10.8. The Morgan fingerprint density at radius 2 is 2.22 bits per heavy atom. The number of aromatic carboxylic acids is 1. The highest BCUT2D eigenvalue weighted by Crippen LogP contribution is 2.21. The molecule has 0 unspecified atom stereocenters. The molecule has 5 nitrogen and oxygen atoms in total. The van der Waals surface area contributed by atoms with Crippen molar-refractivity contribution in [3.8, 4) is 5.75 Å². The first kappa shape index (κ1) is 12.5. The standard InChI is InChI=1S/C12H12N2O3S/c1-7-5-8(3-4-9(7)17-2)6-10-13-14-11(18-10)12(15)16/h3-5H,6H2,1-2H3,(H,15,16). The minimum atomic E-state index is -1.04. The second kappa shape index (κ2) is 5.14. The summed E-state index contributed by atoms with van der Waals surface area (Å²) < 4.78 is 5.18. The van der Waals surface area contributed by atoms with Crippen LogP contribution in [0.15, 0.2) is 18.2 Å². The Hall–Kier alpha value is -1.95. The predicted octanol–water partition coefficient (Wildman–Crippen LogP) is 2.14. The smallest absolute Gasteiger partial charge is 0.367 e. The molecule has 0 radical (unpaired) electrons. The first-order valence-corrected chi connectivity index (χ1v) is 6.11. The number of nitrogens with zero attached hydrogens (tertiary/aromatic N) is 2. The van der Waals surface area contributed by atoms with Crippen LogP contribution in [0.4, 0.5) is 0 Å². The van der Waals surface area contributed by atoms with Gasteiger partial charge >= 0.3 is 5.97 Å². The molecule has 0 amide bonds. The van der Waals surface area contributed by atoms with E-state index in [9.17, 15) is 4.79 Å². The maximum Gasteiger partial charge on any atom is 0.367 e. The van der Waals surface area contributed by atoms with Crippen molar-refractivity contribution in [3.05, 3.63) is 39.3 Å². The number of hydrogen-bond donors (Lipinski definition) is 1. The third-order valence-corrected chi connectivity index (χ3v) is 3.38. The van der Waals surface area contributed by atoms with E-state index in [2.05, 4.69) is 10.2 Å². The summed E-state index contributed by atoms with van der Waals surface area (Å²) in [6.07, 6.45) is 0.579. The van der Waals surface area contributed by atoms with Crippen molar-refractivity contribution in [2.45, 2.75) is 13.3 Å². The summed E-state index contributed by atoms with van der Waals surface area (Å²) in [6, 6.07) is 5.83. The Morgan fingerprint density at radius 3 is 2.78 bits per heavy atom. The fourth-order valence-corrected chi connectivity index (χ4v) is 2.35. The highest BCUT2D eigenvalue weighted by atomic mass is 32.1. The van der Waals surface area contributed by atoms with Crippen molar-refractivity contribution in [2.24, 2.45) is 0 Å². The maximum absolute atomic E-state index is 10.7. The normalized spacial score (nSPS) is 10.3. The van der Waals surface area contributed by atoms with Crippen molar-refractivity contribution < 1.29 is 14.6 Å². The molecule has 6 heteroatoms. The van der Waals surface area contributed by atoms with E-state index in [0.29, 0.717) is 11.4 Å². The number of rotatable bonds is 4. The maximum atomic E-state index is 10.7. The van der Waals surface area contributed by atoms with Crippen LogP contribution in [-0.4, -0.2) is 28.4 Å². The van der Waals surface area contributed by atoms with Crippen LogP contribution in [0, 0.1) is 6.92 Å². The number of carboxylic acid groups (broad SMARTS) is 1. The van der Waals surface area contributed by atoms with Crippen LogP contribution in [-0.2, 0) is 6.42 Å². The van der Waals surface area contributed by atoms with Gasteiger partial charge < -0.3 is 9.84 Å². The number of methoxy groups -OCH3 is 1. The molecule has 0 bridgehead atoms. The predicted molar refractivity (Wildman–Crippen MR) is 67.4 cm³/mol. The van der Waals surface area contributed by atoms with Crippen molar-refractivity contribution in [1.29, 1.82) is 0 Å². The Morgan fingerprint density at radius 1 is 1.44 bits per heavy atom. The summed E-state index contributed by atoms with van der Waals surface area (Å²) in [5.74, 6) is -0.202. The molecule has 1 aromatic carbocycles. The molecule has 18 heavy (non-hydrogen) atoms. The van der Waals surface area contributed by atoms with Crippen LogP contribution in [0.5, 0.6) is 5.75 Å². The van der Waals surface area contributed by atoms with Gasteiger partial charge in [0.1, 0.15) is 10.8 Å². The lowest BCUT2D eigenvalue weighted by Crippen LogP contribution is -1.93. The minimum absolute atomic E-state index is 0.0234. The number of benzene rings is 1. The average molecular weight is 264 g/mol. The van der Waals surface area contributed by atoms with E-state index in [0.717, 1.165) is 28.2 Å². The Balaban J connectivity index is 2.18. The van der Waals surface area contributed by atoms with Gasteiger partial charge in [-0.1, -0.05) is 23.5 Å². The molecule has 1 N–H and O–H groups in total. The van der Waals surface area contributed by atoms with Gasteiger partial charge in [-0.05, 0) is 24.1 Å². The molecule has 94 valence electrons. The van der Waals surface area contributed by atoms with E-state index in [1.54, 1.807) is 7.11 Å². The van der Waals surface area contributed by atoms with E-state index in [-0.39, 0.29) is 5.01 Å². The van der Waals surface area contributed by atoms with Crippen molar-refractivity contribution >= 4 is 17.3 Å². The van der Waals surface area contributed by atoms with E-state index >= 15 is 0 Å². The highest BCUT2D eigenvalue weighted by Gasteiger charge is 2.11. The molecule has 1 aromatic heterocycles. The zero-order valence-electron chi connectivity index (χ0n) is 10.0. The summed E-state index contributed by atoms with van der Waals surface area (Å²) in [4.78, 5) is 10.7. The van der Waals surface area contributed by atoms with Gasteiger partial charge in [0.05, 0.1) is 7.11 Å². The van der Waals surface area contributed by atoms with Crippen molar-refractivity contribution in [2.75, 3.05) is 7.11 Å². The van der Waals surface area contributed by atoms with Gasteiger partial charge in [-0.3, -0.25) is 0 Å². The van der Waals surface area contributed by atoms with Gasteiger partial charge in [0.15, 0.2) is 0 Å². The molecule has 1 heterocycles. The fourth-order valence-electron chi connectivity index (χ4n) is 1.64. The Labute approximate surface area is 108 Å². The third-order valence-electron chi connectivity index (χ3n) is 2.46. The van der Waals surface area contributed by atoms with E-state index in [1.165, 1.54) is 0 Å². The summed E-state index contributed by atoms with van der Waals surface area (Å²) in [5.41, 5.74) is 2.10. The topological polar surface area (TPSA) is 72.3 Å². The average Bonchev–Trinajstić information content (AvgIpc) is 2.78. The van der Waals surface area contributed by atoms with Gasteiger partial charge in [-0.15, -0.1) is 10.2 Å². The molecule has 0 aliphatic carbocycles. The number of carbonyl (C=O) groups is 1. The monoisotopic (exact) mass is 264 g/mol. The molecule has 0 saturated carbocycles. The molecular formula is C12H12N2O3S. The van der Waals surface area contributed by atoms with Crippen LogP contribution >= 0.6 is 11.3 Å². The molecular weight excluding hydrogens is 252 g/mol. The largest absolute Gasteiger partial charge is 0.496 e. The molecule has 0 atom stereocenters. The summed E-state index contributed by atoms with van der Waals surface area (Å²) in [5, 5.41) is 17.0. The highest BCUT2D eigenvalue weighted by molar-refractivity contribution is 7.13. The van der Waals surface area contributed by atoms with Crippen LogP contribution < -0.4 is 4.74 Å². The lowest BCUT2D eigenvalue weighted by molar-refractivity contribution is 0.0695. The summed E-state index contributed by atoms with van der Waals surface area (Å²) in [6.45, 7) is 1.96. The van der Waals surface area contributed by atoms with Crippen LogP contribution in [0.3, 0.4) is 0 Å². The molecule has 2 aromatic rings. The molecule has 0 fully saturated rings. The molecule has 0 spiro atoms. The van der Waals surface area contributed by atoms with Gasteiger partial charge in [0.25, 0.3) is 0 Å².